The largest absolute Gasteiger partial charge is 0.481 e. The van der Waals surface area contributed by atoms with Gasteiger partial charge < -0.3 is 56.0 Å². The van der Waals surface area contributed by atoms with Gasteiger partial charge in [0.1, 0.15) is 36.3 Å². The number of fused-ring (bicyclic) bond motifs is 1. The van der Waals surface area contributed by atoms with Crippen LogP contribution in [0.1, 0.15) is 32.9 Å². The first-order chi connectivity index (χ1) is 23.9. The molecular formula is C23H37FN7O18P3. The van der Waals surface area contributed by atoms with E-state index in [-0.39, 0.29) is 36.5 Å². The van der Waals surface area contributed by atoms with Gasteiger partial charge in [0.15, 0.2) is 23.9 Å². The number of ether oxygens (including phenoxy) is 1. The second-order valence-electron chi connectivity index (χ2n) is 11.7. The van der Waals surface area contributed by atoms with Crippen molar-refractivity contribution in [1.82, 2.24) is 30.2 Å². The molecule has 11 N–H and O–H groups in total. The molecule has 52 heavy (non-hydrogen) atoms. The van der Waals surface area contributed by atoms with Gasteiger partial charge in [-0.1, -0.05) is 13.8 Å². The number of phosphoric ester groups is 3. The molecule has 0 aliphatic carbocycles. The fourth-order valence-corrected chi connectivity index (χ4v) is 7.23. The highest BCUT2D eigenvalue weighted by Gasteiger charge is 2.50. The number of hydrogen-bond acceptors (Lipinski definition) is 17. The van der Waals surface area contributed by atoms with Gasteiger partial charge in [-0.15, -0.1) is 0 Å². The SMILES string of the molecule is CC(C)(COP(=O)(O)OP(=O)(O)OC[C@H]1O[C@@H](n2cnc3c(N)ncnc32)[C@H](O)[C@@H]1OP(=O)(O)O)[C@@H](O)C(=O)NCCC(=O)NCC[C@H](F)C(=O)O. The van der Waals surface area contributed by atoms with Crippen LogP contribution >= 0.6 is 23.5 Å². The van der Waals surface area contributed by atoms with Crippen LogP contribution in [0.15, 0.2) is 12.7 Å². The summed E-state index contributed by atoms with van der Waals surface area (Å²) >= 11 is 0. The van der Waals surface area contributed by atoms with Gasteiger partial charge in [0, 0.05) is 31.3 Å². The number of aliphatic carboxylic acids is 1. The molecule has 294 valence electrons. The van der Waals surface area contributed by atoms with Crippen LogP contribution < -0.4 is 16.4 Å². The Bertz CT molecular complexity index is 1750. The Labute approximate surface area is 292 Å². The van der Waals surface area contributed by atoms with E-state index in [0.29, 0.717) is 0 Å². The number of aromatic nitrogens is 4. The molecule has 3 rings (SSSR count). The van der Waals surface area contributed by atoms with Gasteiger partial charge in [0.05, 0.1) is 19.5 Å². The van der Waals surface area contributed by atoms with E-state index in [4.69, 9.17) is 15.6 Å². The fourth-order valence-electron chi connectivity index (χ4n) is 4.40. The fraction of sp³-hybridized carbons (Fsp3) is 0.652. The van der Waals surface area contributed by atoms with Gasteiger partial charge in [0.25, 0.3) is 0 Å². The molecule has 2 aromatic rings. The van der Waals surface area contributed by atoms with E-state index in [1.807, 2.05) is 0 Å². The number of nitrogens with zero attached hydrogens (tertiary/aromatic N) is 4. The Morgan fingerprint density at radius 2 is 1.73 bits per heavy atom. The summed E-state index contributed by atoms with van der Waals surface area (Å²) in [5.74, 6) is -3.48. The minimum atomic E-state index is -5.59. The summed E-state index contributed by atoms with van der Waals surface area (Å²) in [7, 11) is -16.5. The topological polar surface area (TPSA) is 384 Å². The molecule has 1 saturated heterocycles. The van der Waals surface area contributed by atoms with Crippen LogP contribution in [0.4, 0.5) is 10.2 Å². The number of rotatable bonds is 20. The summed E-state index contributed by atoms with van der Waals surface area (Å²) in [6.07, 6.45) is -9.92. The Morgan fingerprint density at radius 3 is 2.37 bits per heavy atom. The highest BCUT2D eigenvalue weighted by Crippen LogP contribution is 2.61. The molecule has 1 aliphatic rings. The third-order valence-corrected chi connectivity index (χ3v) is 10.2. The van der Waals surface area contributed by atoms with Crippen LogP contribution in [-0.2, 0) is 50.7 Å². The molecule has 2 unspecified atom stereocenters. The van der Waals surface area contributed by atoms with E-state index in [9.17, 15) is 62.3 Å². The van der Waals surface area contributed by atoms with Crippen LogP contribution in [0, 0.1) is 5.41 Å². The third kappa shape index (κ3) is 12.2. The van der Waals surface area contributed by atoms with Crippen LogP contribution in [-0.4, -0.2) is 129 Å². The average Bonchev–Trinajstić information content (AvgIpc) is 3.58. The maximum Gasteiger partial charge on any atom is 0.481 e. The van der Waals surface area contributed by atoms with E-state index >= 15 is 0 Å². The number of phosphoric acid groups is 3. The monoisotopic (exact) mass is 811 g/mol. The lowest BCUT2D eigenvalue weighted by atomic mass is 9.87. The first-order valence-corrected chi connectivity index (χ1v) is 19.2. The second kappa shape index (κ2) is 17.4. The van der Waals surface area contributed by atoms with E-state index in [1.54, 1.807) is 0 Å². The number of carboxylic acids is 1. The lowest BCUT2D eigenvalue weighted by Crippen LogP contribution is -2.46. The molecule has 1 aliphatic heterocycles. The summed E-state index contributed by atoms with van der Waals surface area (Å²) in [5, 5.41) is 34.2. The standard InChI is InChI=1S/C23H37FN7O18P3/c1-23(2,17(34)20(35)27-6-4-13(32)26-5-3-11(24)22(36)37)8-46-52(43,44)49-51(41,42)45-7-12-16(48-50(38,39)40)15(33)21(47-12)31-10-30-14-18(25)28-9-29-19(14)31/h9-12,15-17,21,33-34H,3-8H2,1-2H3,(H,26,32)(H,27,35)(H,36,37)(H,41,42)(H,43,44)(H2,25,28,29)(H2,38,39,40)/t11-,12+,15+,16+,17-,21+/m0/s1. The van der Waals surface area contributed by atoms with Crippen molar-refractivity contribution in [3.63, 3.8) is 0 Å². The normalized spacial score (nSPS) is 23.0. The summed E-state index contributed by atoms with van der Waals surface area (Å²) in [5.41, 5.74) is 4.15. The zero-order valence-corrected chi connectivity index (χ0v) is 29.8. The number of hydrogen-bond donors (Lipinski definition) is 10. The van der Waals surface area contributed by atoms with Gasteiger partial charge in [-0.05, 0) is 0 Å². The highest BCUT2D eigenvalue weighted by molar-refractivity contribution is 7.61. The number of alkyl halides is 1. The van der Waals surface area contributed by atoms with Crippen molar-refractivity contribution in [2.45, 2.75) is 63.5 Å². The van der Waals surface area contributed by atoms with Crippen molar-refractivity contribution in [3.05, 3.63) is 12.7 Å². The molecule has 29 heteroatoms. The van der Waals surface area contributed by atoms with Gasteiger partial charge >= 0.3 is 29.4 Å². The zero-order chi connectivity index (χ0) is 39.2. The minimum Gasteiger partial charge on any atom is -0.479 e. The Morgan fingerprint density at radius 1 is 1.08 bits per heavy atom. The number of aliphatic hydroxyl groups is 2. The van der Waals surface area contributed by atoms with E-state index in [0.717, 1.165) is 17.2 Å². The summed E-state index contributed by atoms with van der Waals surface area (Å²) in [6, 6.07) is 0. The van der Waals surface area contributed by atoms with Gasteiger partial charge in [-0.2, -0.15) is 4.31 Å². The number of halogens is 1. The number of amides is 2. The van der Waals surface area contributed by atoms with E-state index < -0.39 is 103 Å². The predicted molar refractivity (Wildman–Crippen MR) is 167 cm³/mol. The number of anilines is 1. The molecule has 2 aromatic heterocycles. The molecule has 0 spiro atoms. The van der Waals surface area contributed by atoms with Crippen LogP contribution in [0.5, 0.6) is 0 Å². The smallest absolute Gasteiger partial charge is 0.479 e. The van der Waals surface area contributed by atoms with Crippen molar-refractivity contribution >= 4 is 58.2 Å². The molecule has 0 bridgehead atoms. The summed E-state index contributed by atoms with van der Waals surface area (Å²) in [6.45, 7) is -0.320. The molecule has 3 heterocycles. The van der Waals surface area contributed by atoms with Crippen molar-refractivity contribution in [3.8, 4) is 0 Å². The number of carboxylic acid groups (broad SMARTS) is 1. The lowest BCUT2D eigenvalue weighted by molar-refractivity contribution is -0.143. The first-order valence-electron chi connectivity index (χ1n) is 14.7. The quantitative estimate of drug-likeness (QED) is 0.0660. The van der Waals surface area contributed by atoms with Gasteiger partial charge in [-0.25, -0.2) is 37.8 Å². The number of aliphatic hydroxyl groups excluding tert-OH is 2. The molecule has 0 radical (unpaired) electrons. The van der Waals surface area contributed by atoms with Gasteiger partial charge in [-0.3, -0.25) is 27.7 Å². The number of nitrogens with one attached hydrogen (secondary N) is 2. The van der Waals surface area contributed by atoms with Crippen LogP contribution in [0.25, 0.3) is 11.2 Å². The number of imidazole rings is 1. The number of nitrogen functional groups attached to an aromatic ring is 1. The molecule has 8 atom stereocenters. The van der Waals surface area contributed by atoms with Gasteiger partial charge in [0.2, 0.25) is 11.8 Å². The average molecular weight is 812 g/mol. The molecule has 2 amide bonds. The number of carbonyl (C=O) groups is 3. The van der Waals surface area contributed by atoms with E-state index in [1.165, 1.54) is 13.8 Å². The highest BCUT2D eigenvalue weighted by atomic mass is 31.3. The summed E-state index contributed by atoms with van der Waals surface area (Å²) in [4.78, 5) is 85.3. The predicted octanol–water partition coefficient (Wildman–Crippen LogP) is -1.78. The maximum atomic E-state index is 13.0. The molecule has 25 nitrogen and oxygen atoms in total. The summed E-state index contributed by atoms with van der Waals surface area (Å²) < 4.78 is 74.7. The lowest BCUT2D eigenvalue weighted by Gasteiger charge is -2.30. The number of carbonyl (C=O) groups excluding carboxylic acids is 2. The maximum absolute atomic E-state index is 13.0. The van der Waals surface area contributed by atoms with Crippen molar-refractivity contribution in [2.24, 2.45) is 5.41 Å². The van der Waals surface area contributed by atoms with Crippen LogP contribution in [0.2, 0.25) is 0 Å². The minimum absolute atomic E-state index is 0.0145. The molecule has 1 fully saturated rings. The Balaban J connectivity index is 1.55. The van der Waals surface area contributed by atoms with Crippen molar-refractivity contribution < 1.29 is 90.0 Å². The molecular weight excluding hydrogens is 774 g/mol. The first kappa shape index (κ1) is 43.3. The van der Waals surface area contributed by atoms with Crippen molar-refractivity contribution in [2.75, 3.05) is 32.0 Å². The van der Waals surface area contributed by atoms with Crippen molar-refractivity contribution in [1.29, 1.82) is 0 Å². The third-order valence-electron chi connectivity index (χ3n) is 7.07. The zero-order valence-electron chi connectivity index (χ0n) is 27.1. The second-order valence-corrected chi connectivity index (χ2v) is 15.9. The molecule has 0 saturated carbocycles. The van der Waals surface area contributed by atoms with Crippen LogP contribution in [0.3, 0.4) is 0 Å². The van der Waals surface area contributed by atoms with E-state index in [2.05, 4.69) is 43.5 Å². The Hall–Kier alpha value is -3.06. The Kier molecular flexibility index (Phi) is 14.5. The number of nitrogens with two attached hydrogens (primary N) is 1. The molecule has 0 aromatic carbocycles.